The van der Waals surface area contributed by atoms with E-state index >= 15 is 0 Å². The Morgan fingerprint density at radius 2 is 1.92 bits per heavy atom. The normalized spacial score (nSPS) is 22.8. The molecule has 0 bridgehead atoms. The van der Waals surface area contributed by atoms with E-state index in [1.54, 1.807) is 18.2 Å². The molecular formula is C29H38N4O2S. The zero-order chi connectivity index (χ0) is 25.3. The highest BCUT2D eigenvalue weighted by molar-refractivity contribution is 7.90. The van der Waals surface area contributed by atoms with Crippen LogP contribution in [-0.4, -0.2) is 45.2 Å². The maximum Gasteiger partial charge on any atom is 0.175 e. The van der Waals surface area contributed by atoms with Crippen molar-refractivity contribution in [2.75, 3.05) is 31.2 Å². The Labute approximate surface area is 215 Å². The van der Waals surface area contributed by atoms with Crippen molar-refractivity contribution >= 4 is 26.8 Å². The van der Waals surface area contributed by atoms with Crippen molar-refractivity contribution in [1.82, 2.24) is 10.2 Å². The molecular weight excluding hydrogens is 468 g/mol. The molecule has 2 aliphatic heterocycles. The second kappa shape index (κ2) is 10.3. The van der Waals surface area contributed by atoms with Crippen molar-refractivity contribution in [2.45, 2.75) is 62.4 Å². The number of nitrogens with two attached hydrogens (primary N) is 1. The molecule has 3 aliphatic rings. The lowest BCUT2D eigenvalue weighted by atomic mass is 9.90. The van der Waals surface area contributed by atoms with Crippen LogP contribution in [0.2, 0.25) is 0 Å². The van der Waals surface area contributed by atoms with E-state index in [4.69, 9.17) is 5.73 Å². The standard InChI is InChI=1S/C29H38N4O2S/c1-20(30)29-26-11-10-22(21-13-16-33(17-14-21)24-7-3-4-8-24)18-27(26)28(12-15-31-29)32-23-6-5-9-25(19-23)36(2,34)35/h5-6,9-11,13,18-19,24,28,31-32H,3-4,7-8,12,14-17,30H2,1-2H3/b29-20-. The molecule has 1 aliphatic carbocycles. The number of nitrogens with one attached hydrogen (secondary N) is 2. The summed E-state index contributed by atoms with van der Waals surface area (Å²) in [6.45, 7) is 4.87. The fraction of sp³-hybridized carbons (Fsp3) is 0.448. The molecule has 1 saturated carbocycles. The van der Waals surface area contributed by atoms with Gasteiger partial charge in [0, 0.05) is 48.9 Å². The second-order valence-corrected chi connectivity index (χ2v) is 12.5. The van der Waals surface area contributed by atoms with Crippen LogP contribution >= 0.6 is 0 Å². The molecule has 6 nitrogen and oxygen atoms in total. The van der Waals surface area contributed by atoms with E-state index < -0.39 is 9.84 Å². The number of rotatable bonds is 5. The second-order valence-electron chi connectivity index (χ2n) is 10.5. The lowest BCUT2D eigenvalue weighted by Crippen LogP contribution is -2.36. The van der Waals surface area contributed by atoms with Gasteiger partial charge in [-0.05, 0) is 73.6 Å². The summed E-state index contributed by atoms with van der Waals surface area (Å²) >= 11 is 0. The van der Waals surface area contributed by atoms with Gasteiger partial charge in [0.15, 0.2) is 9.84 Å². The molecule has 0 spiro atoms. The monoisotopic (exact) mass is 506 g/mol. The van der Waals surface area contributed by atoms with Crippen LogP contribution in [0.5, 0.6) is 0 Å². The predicted molar refractivity (Wildman–Crippen MR) is 148 cm³/mol. The van der Waals surface area contributed by atoms with Gasteiger partial charge in [-0.3, -0.25) is 4.90 Å². The van der Waals surface area contributed by atoms with Crippen LogP contribution in [0, 0.1) is 0 Å². The Morgan fingerprint density at radius 1 is 1.11 bits per heavy atom. The molecule has 2 aromatic rings. The number of benzene rings is 2. The van der Waals surface area contributed by atoms with Gasteiger partial charge < -0.3 is 16.4 Å². The number of allylic oxidation sites excluding steroid dienone is 1. The largest absolute Gasteiger partial charge is 0.401 e. The highest BCUT2D eigenvalue weighted by atomic mass is 32.2. The molecule has 7 heteroatoms. The van der Waals surface area contributed by atoms with E-state index in [2.05, 4.69) is 39.8 Å². The molecule has 1 atom stereocenters. The molecule has 2 heterocycles. The minimum Gasteiger partial charge on any atom is -0.401 e. The Balaban J connectivity index is 1.47. The number of nitrogens with zero attached hydrogens (tertiary/aromatic N) is 1. The smallest absolute Gasteiger partial charge is 0.175 e. The van der Waals surface area contributed by atoms with E-state index in [1.165, 1.54) is 48.6 Å². The first kappa shape index (κ1) is 24.9. The summed E-state index contributed by atoms with van der Waals surface area (Å²) < 4.78 is 24.2. The summed E-state index contributed by atoms with van der Waals surface area (Å²) in [5.74, 6) is 0. The molecule has 0 aromatic heterocycles. The third-order valence-corrected chi connectivity index (χ3v) is 8.99. The fourth-order valence-corrected chi connectivity index (χ4v) is 6.61. The highest BCUT2D eigenvalue weighted by Crippen LogP contribution is 2.36. The van der Waals surface area contributed by atoms with E-state index in [0.717, 1.165) is 61.2 Å². The summed E-state index contributed by atoms with van der Waals surface area (Å²) in [5.41, 5.74) is 13.8. The van der Waals surface area contributed by atoms with Crippen molar-refractivity contribution in [2.24, 2.45) is 5.73 Å². The van der Waals surface area contributed by atoms with Gasteiger partial charge >= 0.3 is 0 Å². The maximum absolute atomic E-state index is 12.1. The fourth-order valence-electron chi connectivity index (χ4n) is 5.94. The molecule has 0 amide bonds. The molecule has 4 N–H and O–H groups in total. The highest BCUT2D eigenvalue weighted by Gasteiger charge is 2.26. The van der Waals surface area contributed by atoms with E-state index in [-0.39, 0.29) is 6.04 Å². The third-order valence-electron chi connectivity index (χ3n) is 7.88. The molecule has 5 rings (SSSR count). The Morgan fingerprint density at radius 3 is 2.61 bits per heavy atom. The van der Waals surface area contributed by atoms with Crippen LogP contribution in [0.15, 0.2) is 59.1 Å². The van der Waals surface area contributed by atoms with Crippen molar-refractivity contribution < 1.29 is 8.42 Å². The lowest BCUT2D eigenvalue weighted by Gasteiger charge is -2.32. The Kier molecular flexibility index (Phi) is 7.13. The van der Waals surface area contributed by atoms with Gasteiger partial charge in [0.05, 0.1) is 16.6 Å². The quantitative estimate of drug-likeness (QED) is 0.534. The average Bonchev–Trinajstić information content (AvgIpc) is 3.34. The molecule has 192 valence electrons. The van der Waals surface area contributed by atoms with Gasteiger partial charge in [0.1, 0.15) is 0 Å². The van der Waals surface area contributed by atoms with Crippen LogP contribution < -0.4 is 16.4 Å². The van der Waals surface area contributed by atoms with Gasteiger partial charge in [-0.2, -0.15) is 0 Å². The molecule has 36 heavy (non-hydrogen) atoms. The van der Waals surface area contributed by atoms with Crippen LogP contribution in [0.3, 0.4) is 0 Å². The number of hydrogen-bond donors (Lipinski definition) is 3. The number of sulfone groups is 1. The minimum absolute atomic E-state index is 0.0262. The van der Waals surface area contributed by atoms with E-state index in [1.807, 2.05) is 13.0 Å². The average molecular weight is 507 g/mol. The van der Waals surface area contributed by atoms with Crippen molar-refractivity contribution in [1.29, 1.82) is 0 Å². The van der Waals surface area contributed by atoms with Crippen LogP contribution in [0.1, 0.15) is 68.2 Å². The first-order valence-electron chi connectivity index (χ1n) is 13.1. The zero-order valence-corrected chi connectivity index (χ0v) is 22.2. The van der Waals surface area contributed by atoms with Crippen molar-refractivity contribution in [3.63, 3.8) is 0 Å². The Hall–Kier alpha value is -2.77. The van der Waals surface area contributed by atoms with Crippen LogP contribution in [0.4, 0.5) is 5.69 Å². The summed E-state index contributed by atoms with van der Waals surface area (Å²) in [6.07, 6.45) is 11.0. The zero-order valence-electron chi connectivity index (χ0n) is 21.4. The first-order valence-corrected chi connectivity index (χ1v) is 15.0. The molecule has 1 fully saturated rings. The SMILES string of the molecule is C/C(N)=C1/NCCC(Nc2cccc(S(C)(=O)=O)c2)c2cc(C3=CCN(C4CCCC4)CC3)ccc21. The predicted octanol–water partition coefficient (Wildman–Crippen LogP) is 4.92. The molecule has 1 unspecified atom stereocenters. The van der Waals surface area contributed by atoms with E-state index in [9.17, 15) is 8.42 Å². The van der Waals surface area contributed by atoms with Gasteiger partial charge in [-0.15, -0.1) is 0 Å². The van der Waals surface area contributed by atoms with Crippen LogP contribution in [-0.2, 0) is 9.84 Å². The number of anilines is 1. The summed E-state index contributed by atoms with van der Waals surface area (Å²) in [6, 6.07) is 14.6. The van der Waals surface area contributed by atoms with Gasteiger partial charge in [-0.1, -0.05) is 37.1 Å². The lowest BCUT2D eigenvalue weighted by molar-refractivity contribution is 0.219. The molecule has 0 radical (unpaired) electrons. The summed E-state index contributed by atoms with van der Waals surface area (Å²) in [4.78, 5) is 2.98. The Bertz CT molecular complexity index is 1290. The van der Waals surface area contributed by atoms with Gasteiger partial charge in [0.2, 0.25) is 0 Å². The summed E-state index contributed by atoms with van der Waals surface area (Å²) in [7, 11) is -3.27. The van der Waals surface area contributed by atoms with Crippen molar-refractivity contribution in [3.05, 3.63) is 70.9 Å². The third kappa shape index (κ3) is 5.32. The first-order chi connectivity index (χ1) is 17.3. The summed E-state index contributed by atoms with van der Waals surface area (Å²) in [5, 5.41) is 7.15. The van der Waals surface area contributed by atoms with Gasteiger partial charge in [-0.25, -0.2) is 8.42 Å². The van der Waals surface area contributed by atoms with E-state index in [0.29, 0.717) is 4.90 Å². The molecule has 0 saturated heterocycles. The molecule has 2 aromatic carbocycles. The number of hydrogen-bond acceptors (Lipinski definition) is 6. The van der Waals surface area contributed by atoms with Gasteiger partial charge in [0.25, 0.3) is 0 Å². The maximum atomic E-state index is 12.1. The number of fused-ring (bicyclic) bond motifs is 1. The van der Waals surface area contributed by atoms with Crippen molar-refractivity contribution in [3.8, 4) is 0 Å². The minimum atomic E-state index is -3.27. The van der Waals surface area contributed by atoms with Crippen LogP contribution in [0.25, 0.3) is 11.3 Å². The topological polar surface area (TPSA) is 87.5 Å².